The van der Waals surface area contributed by atoms with Crippen LogP contribution in [0.1, 0.15) is 0 Å². The van der Waals surface area contributed by atoms with Crippen LogP contribution in [-0.4, -0.2) is 25.4 Å². The van der Waals surface area contributed by atoms with E-state index in [4.69, 9.17) is 0 Å². The van der Waals surface area contributed by atoms with Gasteiger partial charge < -0.3 is 4.98 Å². The first kappa shape index (κ1) is 16.3. The van der Waals surface area contributed by atoms with Gasteiger partial charge in [-0.2, -0.15) is 14.6 Å². The highest BCUT2D eigenvalue weighted by Crippen LogP contribution is 2.37. The maximum absolute atomic E-state index is 13.6. The molecule has 6 aromatic rings. The van der Waals surface area contributed by atoms with Gasteiger partial charge in [0, 0.05) is 38.5 Å². The average Bonchev–Trinajstić information content (AvgIpc) is 3.51. The van der Waals surface area contributed by atoms with Gasteiger partial charge in [0.05, 0.1) is 17.4 Å². The standard InChI is InChI=1S/C22H14FN5S/c23-21-7-6-20(29-21)14-2-1-3-17-15(14)9-19(26-17)22-16-8-12(13-10-24-25-11-13)4-5-18(16)27-28-22/h1-11,26H,(H,24,25)(H,27,28). The van der Waals surface area contributed by atoms with E-state index in [2.05, 4.69) is 37.5 Å². The predicted molar refractivity (Wildman–Crippen MR) is 114 cm³/mol. The number of thiophene rings is 1. The molecule has 4 heterocycles. The largest absolute Gasteiger partial charge is 0.353 e. The monoisotopic (exact) mass is 399 g/mol. The molecular weight excluding hydrogens is 385 g/mol. The minimum Gasteiger partial charge on any atom is -0.353 e. The van der Waals surface area contributed by atoms with Gasteiger partial charge in [0.1, 0.15) is 5.69 Å². The molecule has 0 aliphatic heterocycles. The SMILES string of the molecule is Fc1ccc(-c2cccc3[nH]c(-c4n[nH]c5ccc(-c6cn[nH]c6)cc45)cc23)s1. The summed E-state index contributed by atoms with van der Waals surface area (Å²) < 4.78 is 13.6. The maximum Gasteiger partial charge on any atom is 0.176 e. The molecule has 0 atom stereocenters. The number of H-pyrrole nitrogens is 3. The van der Waals surface area contributed by atoms with Gasteiger partial charge >= 0.3 is 0 Å². The summed E-state index contributed by atoms with van der Waals surface area (Å²) in [7, 11) is 0. The lowest BCUT2D eigenvalue weighted by Crippen LogP contribution is -1.79. The van der Waals surface area contributed by atoms with Gasteiger partial charge in [0.25, 0.3) is 0 Å². The fourth-order valence-corrected chi connectivity index (χ4v) is 4.53. The minimum absolute atomic E-state index is 0.183. The first-order chi connectivity index (χ1) is 14.3. The van der Waals surface area contributed by atoms with Gasteiger partial charge in [-0.15, -0.1) is 11.3 Å². The number of nitrogens with one attached hydrogen (secondary N) is 3. The first-order valence-corrected chi connectivity index (χ1v) is 9.93. The quantitative estimate of drug-likeness (QED) is 0.343. The van der Waals surface area contributed by atoms with Crippen LogP contribution in [0.15, 0.2) is 67.0 Å². The summed E-state index contributed by atoms with van der Waals surface area (Å²) in [5.41, 5.74) is 6.83. The highest BCUT2D eigenvalue weighted by Gasteiger charge is 2.15. The van der Waals surface area contributed by atoms with Crippen molar-refractivity contribution in [2.75, 3.05) is 0 Å². The smallest absolute Gasteiger partial charge is 0.176 e. The predicted octanol–water partition coefficient (Wildman–Crippen LogP) is 5.97. The van der Waals surface area contributed by atoms with Gasteiger partial charge in [0.2, 0.25) is 0 Å². The molecule has 5 nitrogen and oxygen atoms in total. The van der Waals surface area contributed by atoms with Crippen molar-refractivity contribution in [1.29, 1.82) is 0 Å². The fraction of sp³-hybridized carbons (Fsp3) is 0. The molecule has 0 radical (unpaired) electrons. The molecule has 0 aliphatic carbocycles. The third-order valence-electron chi connectivity index (χ3n) is 5.15. The maximum atomic E-state index is 13.6. The van der Waals surface area contributed by atoms with E-state index in [0.29, 0.717) is 0 Å². The molecule has 7 heteroatoms. The van der Waals surface area contributed by atoms with Crippen LogP contribution in [0.25, 0.3) is 54.8 Å². The number of hydrogen-bond donors (Lipinski definition) is 3. The number of halogens is 1. The highest BCUT2D eigenvalue weighted by molar-refractivity contribution is 7.14. The molecule has 0 bridgehead atoms. The number of aromatic amines is 3. The summed E-state index contributed by atoms with van der Waals surface area (Å²) in [6, 6.07) is 17.6. The van der Waals surface area contributed by atoms with E-state index in [0.717, 1.165) is 66.1 Å². The molecule has 0 spiro atoms. The second-order valence-electron chi connectivity index (χ2n) is 6.87. The summed E-state index contributed by atoms with van der Waals surface area (Å²) >= 11 is 1.15. The van der Waals surface area contributed by atoms with E-state index >= 15 is 0 Å². The first-order valence-electron chi connectivity index (χ1n) is 9.11. The Morgan fingerprint density at radius 3 is 2.69 bits per heavy atom. The zero-order valence-electron chi connectivity index (χ0n) is 15.0. The molecule has 0 unspecified atom stereocenters. The lowest BCUT2D eigenvalue weighted by atomic mass is 10.0. The molecular formula is C22H14FN5S. The zero-order chi connectivity index (χ0) is 19.4. The Morgan fingerprint density at radius 1 is 0.897 bits per heavy atom. The van der Waals surface area contributed by atoms with Crippen LogP contribution in [-0.2, 0) is 0 Å². The molecule has 29 heavy (non-hydrogen) atoms. The summed E-state index contributed by atoms with van der Waals surface area (Å²) in [5, 5.41) is 16.4. The number of benzene rings is 2. The third-order valence-corrected chi connectivity index (χ3v) is 6.06. The van der Waals surface area contributed by atoms with E-state index < -0.39 is 0 Å². The Bertz CT molecular complexity index is 1470. The van der Waals surface area contributed by atoms with E-state index in [1.807, 2.05) is 42.6 Å². The van der Waals surface area contributed by atoms with E-state index in [9.17, 15) is 4.39 Å². The number of nitrogens with zero attached hydrogens (tertiary/aromatic N) is 2. The summed E-state index contributed by atoms with van der Waals surface area (Å²) in [5.74, 6) is 0. The van der Waals surface area contributed by atoms with Gasteiger partial charge in [-0.3, -0.25) is 10.2 Å². The Hall–Kier alpha value is -3.71. The van der Waals surface area contributed by atoms with Gasteiger partial charge in [-0.1, -0.05) is 18.2 Å². The summed E-state index contributed by atoms with van der Waals surface area (Å²) in [6.07, 6.45) is 3.67. The number of fused-ring (bicyclic) bond motifs is 2. The normalized spacial score (nSPS) is 11.6. The van der Waals surface area contributed by atoms with Crippen molar-refractivity contribution in [1.82, 2.24) is 25.4 Å². The van der Waals surface area contributed by atoms with Crippen molar-refractivity contribution in [3.05, 3.63) is 72.1 Å². The van der Waals surface area contributed by atoms with Crippen molar-refractivity contribution in [3.63, 3.8) is 0 Å². The van der Waals surface area contributed by atoms with Gasteiger partial charge in [0.15, 0.2) is 5.13 Å². The molecule has 140 valence electrons. The Morgan fingerprint density at radius 2 is 1.86 bits per heavy atom. The second kappa shape index (κ2) is 6.15. The molecule has 0 saturated heterocycles. The van der Waals surface area contributed by atoms with Crippen molar-refractivity contribution >= 4 is 33.1 Å². The summed E-state index contributed by atoms with van der Waals surface area (Å²) in [6.45, 7) is 0. The van der Waals surface area contributed by atoms with Crippen molar-refractivity contribution in [3.8, 4) is 33.0 Å². The van der Waals surface area contributed by atoms with Crippen molar-refractivity contribution < 1.29 is 4.39 Å². The number of rotatable bonds is 3. The van der Waals surface area contributed by atoms with Crippen LogP contribution in [0.3, 0.4) is 0 Å². The summed E-state index contributed by atoms with van der Waals surface area (Å²) in [4.78, 5) is 4.38. The lowest BCUT2D eigenvalue weighted by molar-refractivity contribution is 0.657. The Balaban J connectivity index is 1.53. The zero-order valence-corrected chi connectivity index (χ0v) is 15.8. The van der Waals surface area contributed by atoms with E-state index in [1.54, 1.807) is 6.20 Å². The fourth-order valence-electron chi connectivity index (χ4n) is 3.76. The van der Waals surface area contributed by atoms with Crippen LogP contribution in [0, 0.1) is 5.13 Å². The van der Waals surface area contributed by atoms with E-state index in [1.165, 1.54) is 6.07 Å². The van der Waals surface area contributed by atoms with Gasteiger partial charge in [-0.05, 0) is 42.0 Å². The molecule has 0 fully saturated rings. The average molecular weight is 399 g/mol. The van der Waals surface area contributed by atoms with Crippen LogP contribution in [0.4, 0.5) is 4.39 Å². The Labute approximate surface area is 168 Å². The molecule has 0 saturated carbocycles. The highest BCUT2D eigenvalue weighted by atomic mass is 32.1. The molecule has 6 rings (SSSR count). The van der Waals surface area contributed by atoms with E-state index in [-0.39, 0.29) is 5.13 Å². The minimum atomic E-state index is -0.183. The van der Waals surface area contributed by atoms with Crippen LogP contribution in [0.5, 0.6) is 0 Å². The van der Waals surface area contributed by atoms with Crippen LogP contribution < -0.4 is 0 Å². The van der Waals surface area contributed by atoms with Crippen LogP contribution in [0.2, 0.25) is 0 Å². The van der Waals surface area contributed by atoms with Gasteiger partial charge in [-0.25, -0.2) is 0 Å². The molecule has 0 aliphatic rings. The lowest BCUT2D eigenvalue weighted by Gasteiger charge is -1.99. The molecule has 2 aromatic carbocycles. The van der Waals surface area contributed by atoms with Crippen molar-refractivity contribution in [2.24, 2.45) is 0 Å². The number of aromatic nitrogens is 5. The molecule has 0 amide bonds. The Kier molecular flexibility index (Phi) is 3.45. The van der Waals surface area contributed by atoms with Crippen molar-refractivity contribution in [2.45, 2.75) is 0 Å². The van der Waals surface area contributed by atoms with Crippen LogP contribution >= 0.6 is 11.3 Å². The second-order valence-corrected chi connectivity index (χ2v) is 7.91. The molecule has 3 N–H and O–H groups in total. The third kappa shape index (κ3) is 2.59. The topological polar surface area (TPSA) is 73.2 Å². The number of hydrogen-bond acceptors (Lipinski definition) is 3. The molecule has 4 aromatic heterocycles.